The smallest absolute Gasteiger partial charge is 0.298 e. The highest BCUT2D eigenvalue weighted by Gasteiger charge is 2.31. The van der Waals surface area contributed by atoms with Crippen molar-refractivity contribution in [3.8, 4) is 0 Å². The Hall–Kier alpha value is -0.580. The molecule has 90 valence electrons. The van der Waals surface area contributed by atoms with Gasteiger partial charge in [0.2, 0.25) is 0 Å². The molecule has 0 bridgehead atoms. The summed E-state index contributed by atoms with van der Waals surface area (Å²) in [5, 5.41) is 0. The Kier molecular flexibility index (Phi) is 4.77. The van der Waals surface area contributed by atoms with E-state index in [1.54, 1.807) is 32.8 Å². The third kappa shape index (κ3) is 5.16. The van der Waals surface area contributed by atoms with Crippen LogP contribution < -0.4 is 0 Å². The van der Waals surface area contributed by atoms with E-state index in [0.29, 0.717) is 0 Å². The molecule has 5 heteroatoms. The van der Waals surface area contributed by atoms with Gasteiger partial charge in [-0.1, -0.05) is 0 Å². The van der Waals surface area contributed by atoms with Crippen LogP contribution in [-0.4, -0.2) is 36.5 Å². The van der Waals surface area contributed by atoms with Crippen molar-refractivity contribution in [2.75, 3.05) is 14.1 Å². The van der Waals surface area contributed by atoms with E-state index in [1.807, 2.05) is 0 Å². The largest absolute Gasteiger partial charge is 0.389 e. The van der Waals surface area contributed by atoms with Gasteiger partial charge in [0.25, 0.3) is 0 Å². The van der Waals surface area contributed by atoms with Gasteiger partial charge in [-0.25, -0.2) is 0 Å². The third-order valence-corrected chi connectivity index (χ3v) is 2.66. The van der Waals surface area contributed by atoms with Gasteiger partial charge < -0.3 is 0 Å². The molecule has 0 fully saturated rings. The highest BCUT2D eigenvalue weighted by atomic mass is 19.4. The Bertz CT molecular complexity index is 221. The van der Waals surface area contributed by atoms with Gasteiger partial charge >= 0.3 is 6.18 Å². The van der Waals surface area contributed by atoms with E-state index in [2.05, 4.69) is 0 Å². The monoisotopic (exact) mass is 225 g/mol. The van der Waals surface area contributed by atoms with E-state index < -0.39 is 18.1 Å². The number of carbonyl (C=O) groups excluding carboxylic acids is 1. The number of hydrogen-bond donors (Lipinski definition) is 0. The lowest BCUT2D eigenvalue weighted by Crippen LogP contribution is -2.45. The zero-order valence-electron chi connectivity index (χ0n) is 9.61. The number of Topliss-reactive ketones (excluding diaryl/α,β-unsaturated/α-hetero) is 1. The van der Waals surface area contributed by atoms with Crippen molar-refractivity contribution in [3.05, 3.63) is 0 Å². The van der Waals surface area contributed by atoms with Crippen LogP contribution in [0.2, 0.25) is 0 Å². The molecule has 0 aliphatic carbocycles. The van der Waals surface area contributed by atoms with E-state index in [0.717, 1.165) is 0 Å². The van der Waals surface area contributed by atoms with Crippen LogP contribution in [0, 0.1) is 0 Å². The van der Waals surface area contributed by atoms with Crippen LogP contribution in [0.1, 0.15) is 33.1 Å². The fourth-order valence-corrected chi connectivity index (χ4v) is 1.00. The first-order chi connectivity index (χ1) is 6.57. The number of alkyl halides is 3. The van der Waals surface area contributed by atoms with E-state index in [-0.39, 0.29) is 18.6 Å². The van der Waals surface area contributed by atoms with Crippen molar-refractivity contribution in [2.24, 2.45) is 0 Å². The summed E-state index contributed by atoms with van der Waals surface area (Å²) >= 11 is 0. The minimum Gasteiger partial charge on any atom is -0.298 e. The molecule has 0 N–H and O–H groups in total. The van der Waals surface area contributed by atoms with E-state index in [4.69, 9.17) is 0 Å². The fraction of sp³-hybridized carbons (Fsp3) is 0.900. The average molecular weight is 225 g/mol. The molecular formula is C10H18F3NO. The van der Waals surface area contributed by atoms with Crippen LogP contribution >= 0.6 is 0 Å². The second kappa shape index (κ2) is 4.96. The van der Waals surface area contributed by atoms with Crippen LogP contribution in [0.5, 0.6) is 0 Å². The summed E-state index contributed by atoms with van der Waals surface area (Å²) in [6, 6.07) is 0. The minimum atomic E-state index is -4.16. The molecule has 0 unspecified atom stereocenters. The van der Waals surface area contributed by atoms with E-state index >= 15 is 0 Å². The number of hydrogen-bond acceptors (Lipinski definition) is 2. The third-order valence-electron chi connectivity index (χ3n) is 2.66. The second-order valence-corrected chi connectivity index (χ2v) is 4.35. The predicted octanol–water partition coefficient (Wildman–Crippen LogP) is 2.63. The van der Waals surface area contributed by atoms with Gasteiger partial charge in [-0.05, 0) is 34.4 Å². The maximum atomic E-state index is 11.8. The summed E-state index contributed by atoms with van der Waals surface area (Å²) in [6.45, 7) is 3.42. The van der Waals surface area contributed by atoms with Gasteiger partial charge in [0, 0.05) is 12.8 Å². The first-order valence-electron chi connectivity index (χ1n) is 4.85. The van der Waals surface area contributed by atoms with Gasteiger partial charge in [0.1, 0.15) is 0 Å². The molecule has 0 aliphatic rings. The van der Waals surface area contributed by atoms with Crippen molar-refractivity contribution in [1.82, 2.24) is 4.90 Å². The summed E-state index contributed by atoms with van der Waals surface area (Å²) in [5.74, 6) is -0.156. The van der Waals surface area contributed by atoms with Crippen molar-refractivity contribution in [3.63, 3.8) is 0 Å². The molecule has 2 nitrogen and oxygen atoms in total. The van der Waals surface area contributed by atoms with Gasteiger partial charge in [0.05, 0.1) is 5.54 Å². The van der Waals surface area contributed by atoms with Gasteiger partial charge in [-0.2, -0.15) is 13.2 Å². The topological polar surface area (TPSA) is 20.3 Å². The van der Waals surface area contributed by atoms with Crippen molar-refractivity contribution in [1.29, 1.82) is 0 Å². The Morgan fingerprint density at radius 1 is 1.20 bits per heavy atom. The van der Waals surface area contributed by atoms with E-state index in [9.17, 15) is 18.0 Å². The predicted molar refractivity (Wildman–Crippen MR) is 52.7 cm³/mol. The van der Waals surface area contributed by atoms with Gasteiger partial charge in [-0.15, -0.1) is 0 Å². The number of likely N-dealkylation sites (N-methyl/N-ethyl adjacent to an activating group) is 1. The lowest BCUT2D eigenvalue weighted by molar-refractivity contribution is -0.138. The van der Waals surface area contributed by atoms with Crippen molar-refractivity contribution < 1.29 is 18.0 Å². The molecule has 0 radical (unpaired) electrons. The van der Waals surface area contributed by atoms with E-state index in [1.165, 1.54) is 0 Å². The second-order valence-electron chi connectivity index (χ2n) is 4.35. The van der Waals surface area contributed by atoms with Crippen LogP contribution in [-0.2, 0) is 4.79 Å². The maximum absolute atomic E-state index is 11.8. The number of nitrogens with zero attached hydrogens (tertiary/aromatic N) is 1. The molecule has 0 atom stereocenters. The molecule has 0 saturated carbocycles. The Balaban J connectivity index is 4.06. The summed E-state index contributed by atoms with van der Waals surface area (Å²) in [7, 11) is 3.48. The minimum absolute atomic E-state index is 0.0231. The van der Waals surface area contributed by atoms with Crippen LogP contribution in [0.4, 0.5) is 13.2 Å². The molecule has 0 aromatic rings. The van der Waals surface area contributed by atoms with Crippen LogP contribution in [0.3, 0.4) is 0 Å². The molecule has 0 heterocycles. The quantitative estimate of drug-likeness (QED) is 0.716. The maximum Gasteiger partial charge on any atom is 0.389 e. The van der Waals surface area contributed by atoms with Crippen LogP contribution in [0.25, 0.3) is 0 Å². The number of carbonyl (C=O) groups is 1. The number of ketones is 1. The summed E-state index contributed by atoms with van der Waals surface area (Å²) in [6.07, 6.45) is -5.20. The fourth-order valence-electron chi connectivity index (χ4n) is 1.00. The molecule has 0 amide bonds. The van der Waals surface area contributed by atoms with Crippen LogP contribution in [0.15, 0.2) is 0 Å². The zero-order valence-corrected chi connectivity index (χ0v) is 9.61. The molecule has 0 aromatic heterocycles. The van der Waals surface area contributed by atoms with Crippen molar-refractivity contribution in [2.45, 2.75) is 44.8 Å². The number of halogens is 3. The highest BCUT2D eigenvalue weighted by molar-refractivity contribution is 5.87. The first-order valence-corrected chi connectivity index (χ1v) is 4.85. The molecular weight excluding hydrogens is 207 g/mol. The Morgan fingerprint density at radius 3 is 2.00 bits per heavy atom. The zero-order chi connectivity index (χ0) is 12.3. The summed E-state index contributed by atoms with van der Waals surface area (Å²) in [5.41, 5.74) is -0.689. The lowest BCUT2D eigenvalue weighted by Gasteiger charge is -2.30. The van der Waals surface area contributed by atoms with Gasteiger partial charge in [0.15, 0.2) is 5.78 Å². The Morgan fingerprint density at radius 2 is 1.67 bits per heavy atom. The first kappa shape index (κ1) is 14.4. The highest BCUT2D eigenvalue weighted by Crippen LogP contribution is 2.24. The lowest BCUT2D eigenvalue weighted by atomic mass is 9.94. The Labute approximate surface area is 88.4 Å². The molecule has 0 spiro atoms. The molecule has 0 aromatic carbocycles. The summed E-state index contributed by atoms with van der Waals surface area (Å²) in [4.78, 5) is 13.3. The standard InChI is InChI=1S/C10H18F3NO/c1-9(2,14(3)4)8(15)6-5-7-10(11,12)13/h5-7H2,1-4H3. The van der Waals surface area contributed by atoms with Crippen molar-refractivity contribution >= 4 is 5.78 Å². The number of rotatable bonds is 5. The SMILES string of the molecule is CN(C)C(C)(C)C(=O)CCCC(F)(F)F. The molecule has 0 aliphatic heterocycles. The molecule has 15 heavy (non-hydrogen) atoms. The average Bonchev–Trinajstić information content (AvgIpc) is 2.01. The van der Waals surface area contributed by atoms with Gasteiger partial charge in [-0.3, -0.25) is 9.69 Å². The summed E-state index contributed by atoms with van der Waals surface area (Å²) < 4.78 is 35.5. The normalized spacial score (nSPS) is 13.3. The molecule has 0 saturated heterocycles. The molecule has 0 rings (SSSR count).